The van der Waals surface area contributed by atoms with Gasteiger partial charge in [0.25, 0.3) is 0 Å². The van der Waals surface area contributed by atoms with Gasteiger partial charge >= 0.3 is 0 Å². The molecule has 1 amide bonds. The zero-order valence-corrected chi connectivity index (χ0v) is 19.4. The normalized spacial score (nSPS) is 16.2. The van der Waals surface area contributed by atoms with Crippen molar-refractivity contribution in [3.63, 3.8) is 0 Å². The third-order valence-corrected chi connectivity index (χ3v) is 6.54. The largest absolute Gasteiger partial charge is 0.469 e. The molecule has 0 saturated carbocycles. The lowest BCUT2D eigenvalue weighted by atomic mass is 10.2. The van der Waals surface area contributed by atoms with E-state index >= 15 is 0 Å². The molecule has 0 bridgehead atoms. The number of hydrogen-bond donors (Lipinski definition) is 1. The number of carbonyl (C=O) groups is 1. The van der Waals surface area contributed by atoms with Crippen LogP contribution in [0.25, 0.3) is 11.4 Å². The molecule has 3 aromatic rings. The minimum absolute atomic E-state index is 0.113. The van der Waals surface area contributed by atoms with E-state index in [2.05, 4.69) is 31.4 Å². The van der Waals surface area contributed by atoms with E-state index in [9.17, 15) is 4.79 Å². The van der Waals surface area contributed by atoms with E-state index in [1.54, 1.807) is 18.4 Å². The summed E-state index contributed by atoms with van der Waals surface area (Å²) >= 11 is 10.9. The van der Waals surface area contributed by atoms with Crippen LogP contribution < -0.4 is 5.32 Å². The number of aryl methyl sites for hydroxylation is 1. The Balaban J connectivity index is 1.49. The highest BCUT2D eigenvalue weighted by Gasteiger charge is 2.23. The van der Waals surface area contributed by atoms with Crippen molar-refractivity contribution in [1.29, 1.82) is 0 Å². The number of nitrogens with zero attached hydrogens (tertiary/aromatic N) is 3. The molecule has 1 aliphatic rings. The number of rotatable bonds is 7. The summed E-state index contributed by atoms with van der Waals surface area (Å²) in [7, 11) is 0. The van der Waals surface area contributed by atoms with Crippen LogP contribution in [-0.4, -0.2) is 39.1 Å². The monoisotopic (exact) mass is 510 g/mol. The molecule has 1 N–H and O–H groups in total. The molecule has 10 heteroatoms. The van der Waals surface area contributed by atoms with Crippen LogP contribution in [0.15, 0.2) is 44.6 Å². The Bertz CT molecular complexity index is 1050. The molecule has 1 saturated heterocycles. The molecule has 4 rings (SSSR count). The van der Waals surface area contributed by atoms with Gasteiger partial charge in [-0.3, -0.25) is 9.36 Å². The van der Waals surface area contributed by atoms with Gasteiger partial charge in [-0.2, -0.15) is 0 Å². The molecule has 1 atom stereocenters. The van der Waals surface area contributed by atoms with Crippen molar-refractivity contribution >= 4 is 50.9 Å². The number of aromatic nitrogens is 3. The molecule has 1 unspecified atom stereocenters. The maximum absolute atomic E-state index is 12.5. The van der Waals surface area contributed by atoms with E-state index < -0.39 is 0 Å². The predicted molar refractivity (Wildman–Crippen MR) is 120 cm³/mol. The second-order valence-corrected chi connectivity index (χ2v) is 9.17. The van der Waals surface area contributed by atoms with Gasteiger partial charge in [-0.1, -0.05) is 39.3 Å². The molecule has 7 nitrogen and oxygen atoms in total. The van der Waals surface area contributed by atoms with E-state index in [1.165, 1.54) is 11.8 Å². The summed E-state index contributed by atoms with van der Waals surface area (Å²) in [5, 5.41) is 12.7. The minimum Gasteiger partial charge on any atom is -0.469 e. The summed E-state index contributed by atoms with van der Waals surface area (Å²) in [5.74, 6) is 1.50. The smallest absolute Gasteiger partial charge is 0.234 e. The van der Waals surface area contributed by atoms with Crippen LogP contribution in [0.1, 0.15) is 18.6 Å². The zero-order valence-electron chi connectivity index (χ0n) is 16.2. The quantitative estimate of drug-likeness (QED) is 0.441. The van der Waals surface area contributed by atoms with Crippen LogP contribution in [0.2, 0.25) is 5.02 Å². The van der Waals surface area contributed by atoms with Crippen molar-refractivity contribution in [2.24, 2.45) is 0 Å². The fraction of sp³-hybridized carbons (Fsp3) is 0.350. The number of halogens is 2. The predicted octanol–water partition coefficient (Wildman–Crippen LogP) is 5.17. The first-order chi connectivity index (χ1) is 14.5. The number of thioether (sulfide) groups is 1. The number of benzene rings is 1. The Morgan fingerprint density at radius 2 is 2.27 bits per heavy atom. The summed E-state index contributed by atoms with van der Waals surface area (Å²) in [6, 6.07) is 7.20. The highest BCUT2D eigenvalue weighted by molar-refractivity contribution is 9.10. The lowest BCUT2D eigenvalue weighted by molar-refractivity contribution is -0.113. The Hall–Kier alpha value is -1.81. The van der Waals surface area contributed by atoms with Crippen LogP contribution in [-0.2, 0) is 16.1 Å². The van der Waals surface area contributed by atoms with E-state index in [-0.39, 0.29) is 17.8 Å². The Kier molecular flexibility index (Phi) is 6.82. The summed E-state index contributed by atoms with van der Waals surface area (Å²) < 4.78 is 14.1. The number of anilines is 1. The zero-order chi connectivity index (χ0) is 21.1. The van der Waals surface area contributed by atoms with Crippen molar-refractivity contribution in [3.05, 3.63) is 45.8 Å². The second-order valence-electron chi connectivity index (χ2n) is 6.90. The number of hydrogen-bond acceptors (Lipinski definition) is 6. The van der Waals surface area contributed by atoms with Gasteiger partial charge in [-0.05, 0) is 44.0 Å². The average Bonchev–Trinajstić information content (AvgIpc) is 3.45. The van der Waals surface area contributed by atoms with Crippen LogP contribution >= 0.6 is 39.3 Å². The highest BCUT2D eigenvalue weighted by atomic mass is 79.9. The molecule has 158 valence electrons. The van der Waals surface area contributed by atoms with Gasteiger partial charge in [0.05, 0.1) is 40.9 Å². The Morgan fingerprint density at radius 3 is 2.97 bits per heavy atom. The van der Waals surface area contributed by atoms with Crippen LogP contribution in [0.4, 0.5) is 5.69 Å². The van der Waals surface area contributed by atoms with Gasteiger partial charge in [0, 0.05) is 11.1 Å². The Labute approximate surface area is 191 Å². The molecule has 30 heavy (non-hydrogen) atoms. The van der Waals surface area contributed by atoms with Crippen molar-refractivity contribution in [2.45, 2.75) is 37.6 Å². The average molecular weight is 512 g/mol. The molecular weight excluding hydrogens is 492 g/mol. The first kappa shape index (κ1) is 21.4. The van der Waals surface area contributed by atoms with Gasteiger partial charge in [0.1, 0.15) is 5.76 Å². The van der Waals surface area contributed by atoms with E-state index in [0.29, 0.717) is 22.4 Å². The van der Waals surface area contributed by atoms with Crippen molar-refractivity contribution in [3.8, 4) is 11.4 Å². The van der Waals surface area contributed by atoms with E-state index in [0.717, 1.165) is 41.1 Å². The molecule has 1 aromatic carbocycles. The van der Waals surface area contributed by atoms with Crippen molar-refractivity contribution in [1.82, 2.24) is 14.8 Å². The number of furan rings is 1. The Morgan fingerprint density at radius 1 is 1.40 bits per heavy atom. The number of nitrogens with one attached hydrogen (secondary N) is 1. The van der Waals surface area contributed by atoms with Gasteiger partial charge < -0.3 is 14.5 Å². The molecule has 3 heterocycles. The second kappa shape index (κ2) is 9.55. The summed E-state index contributed by atoms with van der Waals surface area (Å²) in [4.78, 5) is 12.5. The third-order valence-electron chi connectivity index (χ3n) is 4.76. The van der Waals surface area contributed by atoms with Gasteiger partial charge in [0.2, 0.25) is 5.91 Å². The standard InChI is InChI=1S/C20H20BrClN4O3S/c1-12-15(6-8-28-12)19-24-25-20(26(19)10-14-3-2-7-29-14)30-11-18(27)23-17-5-4-13(21)9-16(17)22/h4-6,8-9,14H,2-3,7,10-11H2,1H3,(H,23,27). The SMILES string of the molecule is Cc1occc1-c1nnc(SCC(=O)Nc2ccc(Br)cc2Cl)n1CC1CCCO1. The molecule has 0 radical (unpaired) electrons. The topological polar surface area (TPSA) is 82.2 Å². The summed E-state index contributed by atoms with van der Waals surface area (Å²) in [6.45, 7) is 3.30. The lowest BCUT2D eigenvalue weighted by Gasteiger charge is -2.14. The van der Waals surface area contributed by atoms with Crippen LogP contribution in [0.5, 0.6) is 0 Å². The van der Waals surface area contributed by atoms with Crippen LogP contribution in [0, 0.1) is 6.92 Å². The van der Waals surface area contributed by atoms with E-state index in [1.807, 2.05) is 23.6 Å². The van der Waals surface area contributed by atoms with Crippen molar-refractivity contribution < 1.29 is 13.9 Å². The number of ether oxygens (including phenoxy) is 1. The van der Waals surface area contributed by atoms with Crippen LogP contribution in [0.3, 0.4) is 0 Å². The minimum atomic E-state index is -0.170. The summed E-state index contributed by atoms with van der Waals surface area (Å²) in [6.07, 6.45) is 3.79. The molecule has 1 fully saturated rings. The molecular formula is C20H20BrClN4O3S. The van der Waals surface area contributed by atoms with E-state index in [4.69, 9.17) is 20.8 Å². The number of carbonyl (C=O) groups excluding carboxylic acids is 1. The number of amides is 1. The first-order valence-electron chi connectivity index (χ1n) is 9.48. The lowest BCUT2D eigenvalue weighted by Crippen LogP contribution is -2.18. The third kappa shape index (κ3) is 4.91. The summed E-state index contributed by atoms with van der Waals surface area (Å²) in [5.41, 5.74) is 1.46. The van der Waals surface area contributed by atoms with Crippen molar-refractivity contribution in [2.75, 3.05) is 17.7 Å². The van der Waals surface area contributed by atoms with Gasteiger partial charge in [-0.15, -0.1) is 10.2 Å². The fourth-order valence-corrected chi connectivity index (χ4v) is 4.74. The molecule has 0 spiro atoms. The van der Waals surface area contributed by atoms with Gasteiger partial charge in [-0.25, -0.2) is 0 Å². The first-order valence-corrected chi connectivity index (χ1v) is 11.6. The highest BCUT2D eigenvalue weighted by Crippen LogP contribution is 2.30. The maximum atomic E-state index is 12.5. The molecule has 0 aliphatic carbocycles. The molecule has 2 aromatic heterocycles. The maximum Gasteiger partial charge on any atom is 0.234 e. The molecule has 1 aliphatic heterocycles. The fourth-order valence-electron chi connectivity index (χ4n) is 3.28. The van der Waals surface area contributed by atoms with Gasteiger partial charge in [0.15, 0.2) is 11.0 Å².